The average Bonchev–Trinajstić information content (AvgIpc) is 2.15. The molecule has 0 aliphatic heterocycles. The topological polar surface area (TPSA) is 52.6 Å². The molecule has 0 bridgehead atoms. The molecule has 0 aromatic heterocycles. The van der Waals surface area contributed by atoms with Crippen LogP contribution >= 0.6 is 0 Å². The summed E-state index contributed by atoms with van der Waals surface area (Å²) in [5.41, 5.74) is 0.414. The molecule has 0 aliphatic rings. The van der Waals surface area contributed by atoms with Gasteiger partial charge in [-0.15, -0.1) is 0 Å². The summed E-state index contributed by atoms with van der Waals surface area (Å²) in [6, 6.07) is 2.30. The van der Waals surface area contributed by atoms with E-state index in [2.05, 4.69) is 4.74 Å². The number of ether oxygens (including phenoxy) is 2. The molecule has 0 N–H and O–H groups in total. The van der Waals surface area contributed by atoms with Gasteiger partial charge in [0.2, 0.25) is 0 Å². The number of sulfone groups is 1. The van der Waals surface area contributed by atoms with Crippen LogP contribution in [0.25, 0.3) is 0 Å². The average molecular weight is 248 g/mol. The number of halogens is 1. The van der Waals surface area contributed by atoms with Gasteiger partial charge in [-0.3, -0.25) is 0 Å². The second-order valence-corrected chi connectivity index (χ2v) is 5.39. The van der Waals surface area contributed by atoms with Crippen LogP contribution in [-0.4, -0.2) is 28.6 Å². The van der Waals surface area contributed by atoms with E-state index in [0.29, 0.717) is 5.56 Å². The van der Waals surface area contributed by atoms with Crippen molar-refractivity contribution in [2.75, 3.05) is 20.2 Å². The minimum atomic E-state index is -3.41. The van der Waals surface area contributed by atoms with Gasteiger partial charge in [0.15, 0.2) is 28.2 Å². The SMILES string of the molecule is COCOc1c(C)cc(S(C)(=O)=O)cc1F. The van der Waals surface area contributed by atoms with Gasteiger partial charge in [0.1, 0.15) is 0 Å². The molecule has 0 radical (unpaired) electrons. The highest BCUT2D eigenvalue weighted by molar-refractivity contribution is 7.90. The van der Waals surface area contributed by atoms with Crippen LogP contribution in [0.1, 0.15) is 5.56 Å². The first-order valence-corrected chi connectivity index (χ1v) is 6.37. The van der Waals surface area contributed by atoms with Gasteiger partial charge in [0, 0.05) is 13.4 Å². The van der Waals surface area contributed by atoms with E-state index in [1.165, 1.54) is 13.2 Å². The summed E-state index contributed by atoms with van der Waals surface area (Å²) in [6.45, 7) is 1.48. The Balaban J connectivity index is 3.18. The summed E-state index contributed by atoms with van der Waals surface area (Å²) in [4.78, 5) is -0.0627. The summed E-state index contributed by atoms with van der Waals surface area (Å²) in [5.74, 6) is -0.702. The summed E-state index contributed by atoms with van der Waals surface area (Å²) in [6.07, 6.45) is 1.02. The van der Waals surface area contributed by atoms with E-state index in [1.807, 2.05) is 0 Å². The predicted molar refractivity (Wildman–Crippen MR) is 56.8 cm³/mol. The normalized spacial score (nSPS) is 11.5. The van der Waals surface area contributed by atoms with Crippen molar-refractivity contribution in [2.24, 2.45) is 0 Å². The molecule has 0 amide bonds. The van der Waals surface area contributed by atoms with E-state index in [0.717, 1.165) is 12.3 Å². The molecule has 1 rings (SSSR count). The summed E-state index contributed by atoms with van der Waals surface area (Å²) in [7, 11) is -2.00. The molecule has 1 aromatic carbocycles. The van der Waals surface area contributed by atoms with Gasteiger partial charge in [-0.1, -0.05) is 0 Å². The third-order valence-electron chi connectivity index (χ3n) is 1.95. The van der Waals surface area contributed by atoms with Crippen LogP contribution in [0, 0.1) is 12.7 Å². The summed E-state index contributed by atoms with van der Waals surface area (Å²) >= 11 is 0. The zero-order chi connectivity index (χ0) is 12.3. The van der Waals surface area contributed by atoms with E-state index in [4.69, 9.17) is 4.74 Å². The quantitative estimate of drug-likeness (QED) is 0.758. The molecule has 90 valence electrons. The monoisotopic (exact) mass is 248 g/mol. The van der Waals surface area contributed by atoms with Crippen LogP contribution in [0.4, 0.5) is 4.39 Å². The number of methoxy groups -OCH3 is 1. The molecule has 0 saturated carbocycles. The largest absolute Gasteiger partial charge is 0.464 e. The number of benzene rings is 1. The second kappa shape index (κ2) is 4.80. The molecule has 0 atom stereocenters. The Kier molecular flexibility index (Phi) is 3.88. The van der Waals surface area contributed by atoms with Gasteiger partial charge in [-0.05, 0) is 24.6 Å². The van der Waals surface area contributed by atoms with E-state index < -0.39 is 15.7 Å². The summed E-state index contributed by atoms with van der Waals surface area (Å²) in [5, 5.41) is 0. The van der Waals surface area contributed by atoms with E-state index in [1.54, 1.807) is 6.92 Å². The van der Waals surface area contributed by atoms with Crippen molar-refractivity contribution in [2.45, 2.75) is 11.8 Å². The lowest BCUT2D eigenvalue weighted by Crippen LogP contribution is -2.05. The lowest BCUT2D eigenvalue weighted by molar-refractivity contribution is 0.0477. The third kappa shape index (κ3) is 2.93. The maximum Gasteiger partial charge on any atom is 0.188 e. The Morgan fingerprint density at radius 3 is 2.44 bits per heavy atom. The molecule has 16 heavy (non-hydrogen) atoms. The second-order valence-electron chi connectivity index (χ2n) is 3.37. The highest BCUT2D eigenvalue weighted by Crippen LogP contribution is 2.26. The van der Waals surface area contributed by atoms with Crippen LogP contribution < -0.4 is 4.74 Å². The Labute approximate surface area is 93.9 Å². The number of rotatable bonds is 4. The molecule has 0 spiro atoms. The van der Waals surface area contributed by atoms with Crippen molar-refractivity contribution in [1.82, 2.24) is 0 Å². The van der Waals surface area contributed by atoms with Gasteiger partial charge < -0.3 is 9.47 Å². The van der Waals surface area contributed by atoms with Crippen molar-refractivity contribution >= 4 is 9.84 Å². The first kappa shape index (κ1) is 12.9. The Morgan fingerprint density at radius 1 is 1.38 bits per heavy atom. The van der Waals surface area contributed by atoms with Crippen LogP contribution in [-0.2, 0) is 14.6 Å². The van der Waals surface area contributed by atoms with Crippen LogP contribution in [0.15, 0.2) is 17.0 Å². The molecular formula is C10H13FO4S. The molecule has 1 aromatic rings. The standard InChI is InChI=1S/C10H13FO4S/c1-7-4-8(16(3,12)13)5-9(11)10(7)15-6-14-2/h4-5H,6H2,1-3H3. The number of aryl methyl sites for hydroxylation is 1. The smallest absolute Gasteiger partial charge is 0.188 e. The zero-order valence-corrected chi connectivity index (χ0v) is 10.1. The lowest BCUT2D eigenvalue weighted by atomic mass is 10.2. The first-order chi connectivity index (χ1) is 7.36. The van der Waals surface area contributed by atoms with E-state index in [9.17, 15) is 12.8 Å². The molecular weight excluding hydrogens is 235 g/mol. The van der Waals surface area contributed by atoms with Gasteiger partial charge in [-0.25, -0.2) is 12.8 Å². The molecule has 6 heteroatoms. The first-order valence-electron chi connectivity index (χ1n) is 4.48. The Hall–Kier alpha value is -1.14. The minimum absolute atomic E-state index is 0.00856. The number of hydrogen-bond donors (Lipinski definition) is 0. The molecule has 4 nitrogen and oxygen atoms in total. The van der Waals surface area contributed by atoms with Crippen LogP contribution in [0.3, 0.4) is 0 Å². The fourth-order valence-electron chi connectivity index (χ4n) is 1.21. The molecule has 0 aliphatic carbocycles. The van der Waals surface area contributed by atoms with Crippen molar-refractivity contribution in [3.05, 3.63) is 23.5 Å². The number of hydrogen-bond acceptors (Lipinski definition) is 4. The van der Waals surface area contributed by atoms with E-state index >= 15 is 0 Å². The lowest BCUT2D eigenvalue weighted by Gasteiger charge is -2.10. The fraction of sp³-hybridized carbons (Fsp3) is 0.400. The van der Waals surface area contributed by atoms with Gasteiger partial charge in [-0.2, -0.15) is 0 Å². The Morgan fingerprint density at radius 2 is 2.00 bits per heavy atom. The maximum absolute atomic E-state index is 13.5. The van der Waals surface area contributed by atoms with Crippen molar-refractivity contribution < 1.29 is 22.3 Å². The molecule has 0 heterocycles. The predicted octanol–water partition coefficient (Wildman–Crippen LogP) is 1.52. The molecule has 0 unspecified atom stereocenters. The molecule has 0 saturated heterocycles. The minimum Gasteiger partial charge on any atom is -0.464 e. The van der Waals surface area contributed by atoms with Gasteiger partial charge in [0.05, 0.1) is 4.90 Å². The summed E-state index contributed by atoms with van der Waals surface area (Å²) < 4.78 is 45.6. The van der Waals surface area contributed by atoms with E-state index in [-0.39, 0.29) is 17.4 Å². The van der Waals surface area contributed by atoms with Crippen molar-refractivity contribution in [1.29, 1.82) is 0 Å². The highest BCUT2D eigenvalue weighted by atomic mass is 32.2. The third-order valence-corrected chi connectivity index (χ3v) is 3.04. The zero-order valence-electron chi connectivity index (χ0n) is 9.28. The van der Waals surface area contributed by atoms with Gasteiger partial charge >= 0.3 is 0 Å². The molecule has 0 fully saturated rings. The van der Waals surface area contributed by atoms with Crippen LogP contribution in [0.5, 0.6) is 5.75 Å². The Bertz CT molecular complexity index is 459. The van der Waals surface area contributed by atoms with Crippen LogP contribution in [0.2, 0.25) is 0 Å². The maximum atomic E-state index is 13.5. The van der Waals surface area contributed by atoms with Crippen molar-refractivity contribution in [3.63, 3.8) is 0 Å². The highest BCUT2D eigenvalue weighted by Gasteiger charge is 2.15. The van der Waals surface area contributed by atoms with Crippen molar-refractivity contribution in [3.8, 4) is 5.75 Å². The van der Waals surface area contributed by atoms with Gasteiger partial charge in [0.25, 0.3) is 0 Å². The fourth-order valence-corrected chi connectivity index (χ4v) is 1.92.